The summed E-state index contributed by atoms with van der Waals surface area (Å²) in [7, 11) is 0. The Morgan fingerprint density at radius 3 is 2.53 bits per heavy atom. The lowest BCUT2D eigenvalue weighted by Gasteiger charge is -2.59. The molecule has 0 radical (unpaired) electrons. The van der Waals surface area contributed by atoms with Crippen LogP contribution in [-0.2, 0) is 4.74 Å². The number of ether oxygens (including phenoxy) is 1. The summed E-state index contributed by atoms with van der Waals surface area (Å²) in [5.41, 5.74) is 2.18. The second-order valence-corrected chi connectivity index (χ2v) is 13.8. The topological polar surface area (TPSA) is 29.5 Å². The standard InChI is InChI=1S/C30H52O2/c1-20(2)19-32-27-15-18-30(7)24(21(27)3)13-11-23-25-12-10-22(9-8-16-28(4,5)31)29(25,6)17-14-26(23)30/h13,20-23,25-27,31H,8-12,14-19H2,1-7H3. The first kappa shape index (κ1) is 24.8. The summed E-state index contributed by atoms with van der Waals surface area (Å²) >= 11 is 0. The quantitative estimate of drug-likeness (QED) is 0.406. The van der Waals surface area contributed by atoms with Crippen LogP contribution in [0.1, 0.15) is 113 Å². The third-order valence-corrected chi connectivity index (χ3v) is 10.7. The summed E-state index contributed by atoms with van der Waals surface area (Å²) in [6.07, 6.45) is 16.2. The molecule has 0 heterocycles. The van der Waals surface area contributed by atoms with Gasteiger partial charge in [0.1, 0.15) is 0 Å². The van der Waals surface area contributed by atoms with E-state index in [2.05, 4.69) is 40.7 Å². The maximum atomic E-state index is 10.2. The molecule has 2 nitrogen and oxygen atoms in total. The van der Waals surface area contributed by atoms with Gasteiger partial charge in [-0.15, -0.1) is 0 Å². The molecule has 8 atom stereocenters. The molecule has 3 saturated carbocycles. The van der Waals surface area contributed by atoms with Gasteiger partial charge >= 0.3 is 0 Å². The Kier molecular flexibility index (Phi) is 6.99. The third kappa shape index (κ3) is 4.49. The Morgan fingerprint density at radius 1 is 1.09 bits per heavy atom. The van der Waals surface area contributed by atoms with Crippen molar-refractivity contribution >= 4 is 0 Å². The normalized spacial score (nSPS) is 44.1. The van der Waals surface area contributed by atoms with Gasteiger partial charge in [-0.3, -0.25) is 0 Å². The highest BCUT2D eigenvalue weighted by Crippen LogP contribution is 2.67. The van der Waals surface area contributed by atoms with Gasteiger partial charge in [0.05, 0.1) is 11.7 Å². The Balaban J connectivity index is 1.47. The summed E-state index contributed by atoms with van der Waals surface area (Å²) in [5.74, 6) is 4.75. The fourth-order valence-corrected chi connectivity index (χ4v) is 8.95. The van der Waals surface area contributed by atoms with Crippen LogP contribution in [0.2, 0.25) is 0 Å². The molecule has 0 aromatic rings. The molecule has 0 aliphatic heterocycles. The highest BCUT2D eigenvalue weighted by molar-refractivity contribution is 5.27. The van der Waals surface area contributed by atoms with E-state index in [9.17, 15) is 5.11 Å². The fraction of sp³-hybridized carbons (Fsp3) is 0.933. The predicted molar refractivity (Wildman–Crippen MR) is 134 cm³/mol. The van der Waals surface area contributed by atoms with Crippen LogP contribution < -0.4 is 0 Å². The van der Waals surface area contributed by atoms with E-state index in [0.717, 1.165) is 36.7 Å². The van der Waals surface area contributed by atoms with E-state index in [1.807, 2.05) is 13.8 Å². The average molecular weight is 445 g/mol. The van der Waals surface area contributed by atoms with E-state index >= 15 is 0 Å². The van der Waals surface area contributed by atoms with Crippen molar-refractivity contribution < 1.29 is 9.84 Å². The summed E-state index contributed by atoms with van der Waals surface area (Å²) in [4.78, 5) is 0. The molecular formula is C30H52O2. The number of allylic oxidation sites excluding steroid dienone is 1. The van der Waals surface area contributed by atoms with E-state index in [4.69, 9.17) is 4.74 Å². The average Bonchev–Trinajstić information content (AvgIpc) is 3.03. The van der Waals surface area contributed by atoms with E-state index in [1.54, 1.807) is 5.57 Å². The van der Waals surface area contributed by atoms with E-state index in [1.165, 1.54) is 57.8 Å². The maximum Gasteiger partial charge on any atom is 0.0638 e. The fourth-order valence-electron chi connectivity index (χ4n) is 8.95. The van der Waals surface area contributed by atoms with Gasteiger partial charge in [-0.25, -0.2) is 0 Å². The monoisotopic (exact) mass is 444 g/mol. The molecule has 4 aliphatic rings. The summed E-state index contributed by atoms with van der Waals surface area (Å²) < 4.78 is 6.39. The molecule has 8 unspecified atom stereocenters. The third-order valence-electron chi connectivity index (χ3n) is 10.7. The van der Waals surface area contributed by atoms with Crippen molar-refractivity contribution in [2.75, 3.05) is 6.61 Å². The van der Waals surface area contributed by atoms with E-state index in [-0.39, 0.29) is 0 Å². The van der Waals surface area contributed by atoms with Crippen LogP contribution in [0.3, 0.4) is 0 Å². The zero-order chi connectivity index (χ0) is 23.3. The first-order valence-electron chi connectivity index (χ1n) is 14.0. The first-order chi connectivity index (χ1) is 15.0. The van der Waals surface area contributed by atoms with E-state index < -0.39 is 5.60 Å². The summed E-state index contributed by atoms with van der Waals surface area (Å²) in [5, 5.41) is 10.2. The van der Waals surface area contributed by atoms with Crippen LogP contribution >= 0.6 is 0 Å². The van der Waals surface area contributed by atoms with Gasteiger partial charge in [0.15, 0.2) is 0 Å². The van der Waals surface area contributed by atoms with Gasteiger partial charge in [-0.05, 0) is 112 Å². The van der Waals surface area contributed by atoms with Crippen LogP contribution in [-0.4, -0.2) is 23.4 Å². The molecule has 3 fully saturated rings. The van der Waals surface area contributed by atoms with E-state index in [0.29, 0.717) is 28.8 Å². The van der Waals surface area contributed by atoms with Crippen molar-refractivity contribution in [3.05, 3.63) is 11.6 Å². The largest absolute Gasteiger partial charge is 0.390 e. The van der Waals surface area contributed by atoms with Crippen LogP contribution in [0.5, 0.6) is 0 Å². The second kappa shape index (κ2) is 9.03. The first-order valence-corrected chi connectivity index (χ1v) is 14.0. The minimum atomic E-state index is -0.510. The highest BCUT2D eigenvalue weighted by Gasteiger charge is 2.59. The molecule has 184 valence electrons. The Labute approximate surface area is 199 Å². The van der Waals surface area contributed by atoms with Crippen molar-refractivity contribution in [2.45, 2.75) is 124 Å². The molecule has 0 bridgehead atoms. The molecule has 0 aromatic carbocycles. The smallest absolute Gasteiger partial charge is 0.0638 e. The molecule has 1 N–H and O–H groups in total. The second-order valence-electron chi connectivity index (χ2n) is 13.8. The molecule has 32 heavy (non-hydrogen) atoms. The molecule has 0 saturated heterocycles. The highest BCUT2D eigenvalue weighted by atomic mass is 16.5. The van der Waals surface area contributed by atoms with Crippen molar-refractivity contribution in [2.24, 2.45) is 46.3 Å². The van der Waals surface area contributed by atoms with Gasteiger partial charge in [-0.1, -0.05) is 52.7 Å². The SMILES string of the molecule is CC(C)COC1CCC2(C)C(=CCC3C2CCC2(C)C(CCCC(C)(C)O)CCC32)C1C. The molecular weight excluding hydrogens is 392 g/mol. The number of fused-ring (bicyclic) bond motifs is 5. The van der Waals surface area contributed by atoms with Crippen LogP contribution in [0.25, 0.3) is 0 Å². The van der Waals surface area contributed by atoms with Crippen molar-refractivity contribution in [3.63, 3.8) is 0 Å². The summed E-state index contributed by atoms with van der Waals surface area (Å²) in [6, 6.07) is 0. The van der Waals surface area contributed by atoms with Gasteiger partial charge in [0, 0.05) is 12.5 Å². The number of hydrogen-bond acceptors (Lipinski definition) is 2. The van der Waals surface area contributed by atoms with Crippen LogP contribution in [0, 0.1) is 46.3 Å². The molecule has 0 amide bonds. The van der Waals surface area contributed by atoms with Crippen molar-refractivity contribution in [3.8, 4) is 0 Å². The Hall–Kier alpha value is -0.340. The van der Waals surface area contributed by atoms with Crippen LogP contribution in [0.4, 0.5) is 0 Å². The maximum absolute atomic E-state index is 10.2. The van der Waals surface area contributed by atoms with Gasteiger partial charge in [0.25, 0.3) is 0 Å². The zero-order valence-corrected chi connectivity index (χ0v) is 22.3. The number of rotatable bonds is 7. The van der Waals surface area contributed by atoms with Crippen molar-refractivity contribution in [1.29, 1.82) is 0 Å². The minimum Gasteiger partial charge on any atom is -0.390 e. The van der Waals surface area contributed by atoms with Gasteiger partial charge < -0.3 is 9.84 Å². The van der Waals surface area contributed by atoms with Gasteiger partial charge in [-0.2, -0.15) is 0 Å². The molecule has 0 aromatic heterocycles. The lowest BCUT2D eigenvalue weighted by atomic mass is 9.46. The lowest BCUT2D eigenvalue weighted by molar-refractivity contribution is -0.0743. The number of hydrogen-bond donors (Lipinski definition) is 1. The Morgan fingerprint density at radius 2 is 1.84 bits per heavy atom. The van der Waals surface area contributed by atoms with Gasteiger partial charge in [0.2, 0.25) is 0 Å². The zero-order valence-electron chi connectivity index (χ0n) is 22.3. The minimum absolute atomic E-state index is 0.403. The lowest BCUT2D eigenvalue weighted by Crippen LogP contribution is -2.52. The molecule has 2 heteroatoms. The van der Waals surface area contributed by atoms with Crippen LogP contribution in [0.15, 0.2) is 11.6 Å². The number of aliphatic hydroxyl groups is 1. The predicted octanol–water partition coefficient (Wildman–Crippen LogP) is 7.79. The summed E-state index contributed by atoms with van der Waals surface area (Å²) in [6.45, 7) is 17.1. The molecule has 4 aliphatic carbocycles. The van der Waals surface area contributed by atoms with Crippen molar-refractivity contribution in [1.82, 2.24) is 0 Å². The molecule has 4 rings (SSSR count). The Bertz CT molecular complexity index is 687. The molecule has 0 spiro atoms.